The van der Waals surface area contributed by atoms with Crippen molar-refractivity contribution in [2.24, 2.45) is 0 Å². The van der Waals surface area contributed by atoms with Gasteiger partial charge in [-0.25, -0.2) is 13.1 Å². The third-order valence-electron chi connectivity index (χ3n) is 4.05. The number of aliphatic hydroxyl groups is 1. The summed E-state index contributed by atoms with van der Waals surface area (Å²) in [6.07, 6.45) is 1.67. The van der Waals surface area contributed by atoms with E-state index < -0.39 is 16.1 Å². The number of nitrogens with one attached hydrogen (secondary N) is 1. The normalized spacial score (nSPS) is 14.2. The molecule has 1 unspecified atom stereocenters. The van der Waals surface area contributed by atoms with E-state index in [9.17, 15) is 13.5 Å². The Hall–Kier alpha value is -0.910. The highest BCUT2D eigenvalue weighted by atomic mass is 32.2. The van der Waals surface area contributed by atoms with E-state index in [1.807, 2.05) is 20.8 Å². The van der Waals surface area contributed by atoms with E-state index >= 15 is 0 Å². The summed E-state index contributed by atoms with van der Waals surface area (Å²) in [6.45, 7) is 7.63. The van der Waals surface area contributed by atoms with Crippen LogP contribution >= 0.6 is 0 Å². The minimum absolute atomic E-state index is 0.238. The summed E-state index contributed by atoms with van der Waals surface area (Å²) in [5.74, 6) is 0. The molecule has 1 aromatic carbocycles. The first-order valence-electron chi connectivity index (χ1n) is 7.12. The summed E-state index contributed by atoms with van der Waals surface area (Å²) in [4.78, 5) is 0.238. The molecule has 5 heteroatoms. The van der Waals surface area contributed by atoms with Crippen LogP contribution in [0.4, 0.5) is 0 Å². The Morgan fingerprint density at radius 1 is 1.10 bits per heavy atom. The maximum atomic E-state index is 12.4. The lowest BCUT2D eigenvalue weighted by Crippen LogP contribution is -2.46. The summed E-state index contributed by atoms with van der Waals surface area (Å²) in [6, 6.07) is 6.36. The Morgan fingerprint density at radius 3 is 1.90 bits per heavy atom. The number of rotatable bonds is 7. The quantitative estimate of drug-likeness (QED) is 0.813. The van der Waals surface area contributed by atoms with Gasteiger partial charge in [0.1, 0.15) is 0 Å². The smallest absolute Gasteiger partial charge is 0.241 e. The highest BCUT2D eigenvalue weighted by Gasteiger charge is 2.30. The predicted molar refractivity (Wildman–Crippen MR) is 81.0 cm³/mol. The van der Waals surface area contributed by atoms with E-state index in [0.29, 0.717) is 5.56 Å². The minimum atomic E-state index is -3.53. The number of hydrogen-bond donors (Lipinski definition) is 2. The molecule has 0 saturated heterocycles. The van der Waals surface area contributed by atoms with Gasteiger partial charge in [-0.2, -0.15) is 0 Å². The van der Waals surface area contributed by atoms with Crippen molar-refractivity contribution >= 4 is 10.0 Å². The molecule has 114 valence electrons. The third kappa shape index (κ3) is 3.81. The van der Waals surface area contributed by atoms with E-state index in [4.69, 9.17) is 0 Å². The Bertz CT molecular complexity index is 508. The van der Waals surface area contributed by atoms with Crippen molar-refractivity contribution in [3.8, 4) is 0 Å². The van der Waals surface area contributed by atoms with E-state index in [1.54, 1.807) is 19.1 Å². The first-order valence-corrected chi connectivity index (χ1v) is 8.60. The molecule has 0 aliphatic carbocycles. The highest BCUT2D eigenvalue weighted by molar-refractivity contribution is 7.89. The lowest BCUT2D eigenvalue weighted by molar-refractivity contribution is 0.199. The number of aliphatic hydroxyl groups excluding tert-OH is 1. The molecule has 0 fully saturated rings. The zero-order valence-electron chi connectivity index (χ0n) is 12.7. The van der Waals surface area contributed by atoms with Crippen LogP contribution in [0.2, 0.25) is 0 Å². The van der Waals surface area contributed by atoms with Crippen LogP contribution in [0.3, 0.4) is 0 Å². The van der Waals surface area contributed by atoms with Gasteiger partial charge in [-0.15, -0.1) is 0 Å². The zero-order chi connectivity index (χ0) is 15.4. The molecule has 0 amide bonds. The van der Waals surface area contributed by atoms with Gasteiger partial charge in [0.25, 0.3) is 0 Å². The molecule has 0 aromatic heterocycles. The van der Waals surface area contributed by atoms with Gasteiger partial charge >= 0.3 is 0 Å². The van der Waals surface area contributed by atoms with Crippen LogP contribution in [-0.2, 0) is 10.0 Å². The van der Waals surface area contributed by atoms with Crippen LogP contribution in [0.25, 0.3) is 0 Å². The summed E-state index contributed by atoms with van der Waals surface area (Å²) in [7, 11) is -3.53. The molecule has 1 aromatic rings. The predicted octanol–water partition coefficient (Wildman–Crippen LogP) is 2.99. The molecule has 0 spiro atoms. The van der Waals surface area contributed by atoms with Gasteiger partial charge in [0.15, 0.2) is 0 Å². The molecule has 0 bridgehead atoms. The molecule has 1 atom stereocenters. The SMILES string of the molecule is CCC(CC)(CC)NS(=O)(=O)c1ccc(C(C)O)cc1. The topological polar surface area (TPSA) is 66.4 Å². The standard InChI is InChI=1S/C15H25NO3S/c1-5-15(6-2,7-3)16-20(18,19)14-10-8-13(9-11-14)12(4)17/h8-12,16-17H,5-7H2,1-4H3. The highest BCUT2D eigenvalue weighted by Crippen LogP contribution is 2.23. The molecule has 1 rings (SSSR count). The fourth-order valence-electron chi connectivity index (χ4n) is 2.24. The Morgan fingerprint density at radius 2 is 1.55 bits per heavy atom. The molecule has 20 heavy (non-hydrogen) atoms. The molecular weight excluding hydrogens is 274 g/mol. The van der Waals surface area contributed by atoms with E-state index in [0.717, 1.165) is 19.3 Å². The Kier molecular flexibility index (Phi) is 5.74. The zero-order valence-corrected chi connectivity index (χ0v) is 13.5. The number of benzene rings is 1. The van der Waals surface area contributed by atoms with Crippen LogP contribution in [0.15, 0.2) is 29.2 Å². The van der Waals surface area contributed by atoms with Crippen molar-refractivity contribution in [3.05, 3.63) is 29.8 Å². The fourth-order valence-corrected chi connectivity index (χ4v) is 3.85. The van der Waals surface area contributed by atoms with Gasteiger partial charge < -0.3 is 5.11 Å². The van der Waals surface area contributed by atoms with Crippen LogP contribution in [0, 0.1) is 0 Å². The second kappa shape index (κ2) is 6.70. The van der Waals surface area contributed by atoms with Gasteiger partial charge in [-0.3, -0.25) is 0 Å². The largest absolute Gasteiger partial charge is 0.389 e. The molecule has 0 radical (unpaired) electrons. The molecular formula is C15H25NO3S. The van der Waals surface area contributed by atoms with Crippen molar-refractivity contribution in [2.75, 3.05) is 0 Å². The van der Waals surface area contributed by atoms with Crippen LogP contribution in [-0.4, -0.2) is 19.1 Å². The van der Waals surface area contributed by atoms with Gasteiger partial charge in [-0.1, -0.05) is 32.9 Å². The maximum absolute atomic E-state index is 12.4. The van der Waals surface area contributed by atoms with Crippen LogP contribution in [0.1, 0.15) is 58.6 Å². The summed E-state index contributed by atoms with van der Waals surface area (Å²) in [5.41, 5.74) is 0.318. The Balaban J connectivity index is 3.04. The summed E-state index contributed by atoms with van der Waals surface area (Å²) < 4.78 is 27.7. The molecule has 4 nitrogen and oxygen atoms in total. The van der Waals surface area contributed by atoms with E-state index in [-0.39, 0.29) is 10.4 Å². The van der Waals surface area contributed by atoms with Crippen LogP contribution < -0.4 is 4.72 Å². The first-order chi connectivity index (χ1) is 9.30. The van der Waals surface area contributed by atoms with Gasteiger partial charge in [0.2, 0.25) is 10.0 Å². The van der Waals surface area contributed by atoms with Crippen molar-refractivity contribution in [1.82, 2.24) is 4.72 Å². The summed E-state index contributed by atoms with van der Waals surface area (Å²) >= 11 is 0. The van der Waals surface area contributed by atoms with Crippen molar-refractivity contribution in [1.29, 1.82) is 0 Å². The first kappa shape index (κ1) is 17.1. The second-order valence-corrected chi connectivity index (χ2v) is 6.87. The second-order valence-electron chi connectivity index (χ2n) is 5.19. The van der Waals surface area contributed by atoms with E-state index in [2.05, 4.69) is 4.72 Å². The van der Waals surface area contributed by atoms with Gasteiger partial charge in [0.05, 0.1) is 11.0 Å². The molecule has 0 aliphatic heterocycles. The molecule has 2 N–H and O–H groups in total. The van der Waals surface area contributed by atoms with Gasteiger partial charge in [-0.05, 0) is 43.9 Å². The average molecular weight is 299 g/mol. The van der Waals surface area contributed by atoms with E-state index in [1.165, 1.54) is 12.1 Å². The Labute approximate surface area is 122 Å². The average Bonchev–Trinajstić information content (AvgIpc) is 2.45. The van der Waals surface area contributed by atoms with Crippen molar-refractivity contribution in [2.45, 2.75) is 63.5 Å². The van der Waals surface area contributed by atoms with Gasteiger partial charge in [0, 0.05) is 5.54 Å². The third-order valence-corrected chi connectivity index (χ3v) is 5.65. The monoisotopic (exact) mass is 299 g/mol. The van der Waals surface area contributed by atoms with Crippen molar-refractivity contribution < 1.29 is 13.5 Å². The lowest BCUT2D eigenvalue weighted by Gasteiger charge is -2.31. The number of sulfonamides is 1. The number of hydrogen-bond acceptors (Lipinski definition) is 3. The minimum Gasteiger partial charge on any atom is -0.389 e. The molecule has 0 heterocycles. The fraction of sp³-hybridized carbons (Fsp3) is 0.600. The molecule has 0 aliphatic rings. The molecule has 0 saturated carbocycles. The maximum Gasteiger partial charge on any atom is 0.241 e. The van der Waals surface area contributed by atoms with Crippen molar-refractivity contribution in [3.63, 3.8) is 0 Å². The summed E-state index contributed by atoms with van der Waals surface area (Å²) in [5, 5.41) is 9.45. The lowest BCUT2D eigenvalue weighted by atomic mass is 9.91. The van der Waals surface area contributed by atoms with Crippen LogP contribution in [0.5, 0.6) is 0 Å².